The Balaban J connectivity index is 2.39. The first-order valence-electron chi connectivity index (χ1n) is 5.21. The van der Waals surface area contributed by atoms with Gasteiger partial charge in [-0.25, -0.2) is 0 Å². The van der Waals surface area contributed by atoms with E-state index in [1.165, 1.54) is 25.4 Å². The topological polar surface area (TPSA) is 12.0 Å². The van der Waals surface area contributed by atoms with Gasteiger partial charge in [-0.15, -0.1) is 11.3 Å². The monoisotopic (exact) mass is 295 g/mol. The van der Waals surface area contributed by atoms with E-state index in [9.17, 15) is 0 Å². The van der Waals surface area contributed by atoms with E-state index in [1.807, 2.05) is 18.4 Å². The zero-order valence-electron chi connectivity index (χ0n) is 9.38. The van der Waals surface area contributed by atoms with Crippen molar-refractivity contribution in [1.29, 1.82) is 0 Å². The van der Waals surface area contributed by atoms with Gasteiger partial charge in [0.2, 0.25) is 0 Å². The molecule has 0 aliphatic rings. The summed E-state index contributed by atoms with van der Waals surface area (Å²) in [4.78, 5) is 2.71. The first-order chi connectivity index (χ1) is 7.72. The Morgan fingerprint density at radius 3 is 2.81 bits per heavy atom. The Morgan fingerprint density at radius 1 is 1.25 bits per heavy atom. The molecule has 2 aromatic rings. The van der Waals surface area contributed by atoms with Crippen LogP contribution < -0.4 is 5.32 Å². The predicted octanol–water partition coefficient (Wildman–Crippen LogP) is 4.21. The van der Waals surface area contributed by atoms with Crippen LogP contribution in [-0.4, -0.2) is 7.05 Å². The Hall–Kier alpha value is -0.640. The molecule has 1 heterocycles. The lowest BCUT2D eigenvalue weighted by molar-refractivity contribution is 0.831. The fourth-order valence-electron chi connectivity index (χ4n) is 1.67. The van der Waals surface area contributed by atoms with Gasteiger partial charge in [0.25, 0.3) is 0 Å². The largest absolute Gasteiger partial charge is 0.315 e. The molecule has 84 valence electrons. The average molecular weight is 296 g/mol. The van der Waals surface area contributed by atoms with E-state index in [4.69, 9.17) is 0 Å². The standard InChI is InChI=1S/C13H14BrNS/c1-9-11(4-3-5-12(9)14)13-7-6-10(16-13)8-15-2/h3-7,15H,8H2,1-2H3. The molecule has 2 rings (SSSR count). The normalized spacial score (nSPS) is 10.7. The zero-order chi connectivity index (χ0) is 11.5. The van der Waals surface area contributed by atoms with Gasteiger partial charge in [0.15, 0.2) is 0 Å². The summed E-state index contributed by atoms with van der Waals surface area (Å²) in [6, 6.07) is 10.7. The first-order valence-corrected chi connectivity index (χ1v) is 6.82. The van der Waals surface area contributed by atoms with Crippen LogP contribution in [0.25, 0.3) is 10.4 Å². The summed E-state index contributed by atoms with van der Waals surface area (Å²) in [5.41, 5.74) is 2.63. The highest BCUT2D eigenvalue weighted by atomic mass is 79.9. The van der Waals surface area contributed by atoms with Gasteiger partial charge in [0.05, 0.1) is 0 Å². The second kappa shape index (κ2) is 5.13. The summed E-state index contributed by atoms with van der Waals surface area (Å²) < 4.78 is 1.17. The van der Waals surface area contributed by atoms with Gasteiger partial charge in [0.1, 0.15) is 0 Å². The van der Waals surface area contributed by atoms with Crippen molar-refractivity contribution in [3.63, 3.8) is 0 Å². The SMILES string of the molecule is CNCc1ccc(-c2cccc(Br)c2C)s1. The van der Waals surface area contributed by atoms with Gasteiger partial charge in [-0.2, -0.15) is 0 Å². The van der Waals surface area contributed by atoms with Gasteiger partial charge in [-0.1, -0.05) is 28.1 Å². The smallest absolute Gasteiger partial charge is 0.0349 e. The molecule has 1 nitrogen and oxygen atoms in total. The summed E-state index contributed by atoms with van der Waals surface area (Å²) in [6.45, 7) is 3.09. The lowest BCUT2D eigenvalue weighted by atomic mass is 10.1. The van der Waals surface area contributed by atoms with E-state index in [-0.39, 0.29) is 0 Å². The third kappa shape index (κ3) is 2.37. The van der Waals surface area contributed by atoms with Gasteiger partial charge in [-0.05, 0) is 43.3 Å². The molecule has 0 radical (unpaired) electrons. The number of hydrogen-bond acceptors (Lipinski definition) is 2. The predicted molar refractivity (Wildman–Crippen MR) is 75.0 cm³/mol. The van der Waals surface area contributed by atoms with E-state index in [2.05, 4.69) is 58.5 Å². The number of nitrogens with one attached hydrogen (secondary N) is 1. The molecule has 1 aromatic heterocycles. The van der Waals surface area contributed by atoms with E-state index in [0.717, 1.165) is 6.54 Å². The minimum absolute atomic E-state index is 0.942. The van der Waals surface area contributed by atoms with Crippen molar-refractivity contribution in [2.45, 2.75) is 13.5 Å². The van der Waals surface area contributed by atoms with Crippen LogP contribution in [0.2, 0.25) is 0 Å². The van der Waals surface area contributed by atoms with E-state index < -0.39 is 0 Å². The molecule has 0 unspecified atom stereocenters. The molecule has 16 heavy (non-hydrogen) atoms. The van der Waals surface area contributed by atoms with Crippen LogP contribution in [-0.2, 0) is 6.54 Å². The highest BCUT2D eigenvalue weighted by Crippen LogP contribution is 2.33. The maximum absolute atomic E-state index is 3.57. The number of halogens is 1. The third-order valence-corrected chi connectivity index (χ3v) is 4.52. The Bertz CT molecular complexity index is 490. The molecule has 3 heteroatoms. The van der Waals surface area contributed by atoms with Gasteiger partial charge >= 0.3 is 0 Å². The van der Waals surface area contributed by atoms with Gasteiger partial charge in [0, 0.05) is 20.8 Å². The number of rotatable bonds is 3. The van der Waals surface area contributed by atoms with Crippen LogP contribution in [0.5, 0.6) is 0 Å². The number of hydrogen-bond donors (Lipinski definition) is 1. The van der Waals surface area contributed by atoms with E-state index in [0.29, 0.717) is 0 Å². The summed E-state index contributed by atoms with van der Waals surface area (Å²) in [5.74, 6) is 0. The zero-order valence-corrected chi connectivity index (χ0v) is 11.8. The van der Waals surface area contributed by atoms with Gasteiger partial charge in [-0.3, -0.25) is 0 Å². The minimum Gasteiger partial charge on any atom is -0.315 e. The summed E-state index contributed by atoms with van der Waals surface area (Å²) in [6.07, 6.45) is 0. The van der Waals surface area contributed by atoms with Crippen molar-refractivity contribution in [2.75, 3.05) is 7.05 Å². The Labute approximate surface area is 109 Å². The molecular formula is C13H14BrNS. The fraction of sp³-hybridized carbons (Fsp3) is 0.231. The van der Waals surface area contributed by atoms with Crippen molar-refractivity contribution in [3.05, 3.63) is 45.2 Å². The summed E-state index contributed by atoms with van der Waals surface area (Å²) in [5, 5.41) is 3.18. The highest BCUT2D eigenvalue weighted by Gasteiger charge is 2.06. The molecule has 0 saturated carbocycles. The van der Waals surface area contributed by atoms with Crippen molar-refractivity contribution in [3.8, 4) is 10.4 Å². The minimum atomic E-state index is 0.942. The molecule has 0 bridgehead atoms. The van der Waals surface area contributed by atoms with Crippen LogP contribution in [0.3, 0.4) is 0 Å². The van der Waals surface area contributed by atoms with E-state index in [1.54, 1.807) is 0 Å². The molecule has 0 atom stereocenters. The molecule has 1 aromatic carbocycles. The molecule has 0 fully saturated rings. The fourth-order valence-corrected chi connectivity index (χ4v) is 3.13. The van der Waals surface area contributed by atoms with Crippen molar-refractivity contribution in [1.82, 2.24) is 5.32 Å². The lowest BCUT2D eigenvalue weighted by Gasteiger charge is -2.04. The molecular weight excluding hydrogens is 282 g/mol. The molecule has 0 amide bonds. The molecule has 1 N–H and O–H groups in total. The molecule has 0 aliphatic carbocycles. The summed E-state index contributed by atoms with van der Waals surface area (Å²) in [7, 11) is 1.98. The molecule has 0 aliphatic heterocycles. The van der Waals surface area contributed by atoms with Crippen LogP contribution >= 0.6 is 27.3 Å². The highest BCUT2D eigenvalue weighted by molar-refractivity contribution is 9.10. The van der Waals surface area contributed by atoms with Crippen molar-refractivity contribution >= 4 is 27.3 Å². The second-order valence-electron chi connectivity index (χ2n) is 3.71. The van der Waals surface area contributed by atoms with E-state index >= 15 is 0 Å². The number of thiophene rings is 1. The Morgan fingerprint density at radius 2 is 2.06 bits per heavy atom. The second-order valence-corrected chi connectivity index (χ2v) is 5.73. The van der Waals surface area contributed by atoms with Gasteiger partial charge < -0.3 is 5.32 Å². The Kier molecular flexibility index (Phi) is 3.79. The maximum Gasteiger partial charge on any atom is 0.0349 e. The first kappa shape index (κ1) is 11.8. The quantitative estimate of drug-likeness (QED) is 0.895. The van der Waals surface area contributed by atoms with Crippen molar-refractivity contribution in [2.24, 2.45) is 0 Å². The third-order valence-electron chi connectivity index (χ3n) is 2.55. The maximum atomic E-state index is 3.57. The lowest BCUT2D eigenvalue weighted by Crippen LogP contribution is -2.02. The van der Waals surface area contributed by atoms with Crippen LogP contribution in [0, 0.1) is 6.92 Å². The van der Waals surface area contributed by atoms with Crippen molar-refractivity contribution < 1.29 is 0 Å². The van der Waals surface area contributed by atoms with Crippen LogP contribution in [0.1, 0.15) is 10.4 Å². The molecule has 0 saturated heterocycles. The molecule has 0 spiro atoms. The summed E-state index contributed by atoms with van der Waals surface area (Å²) >= 11 is 5.42. The van der Waals surface area contributed by atoms with Crippen LogP contribution in [0.15, 0.2) is 34.8 Å². The average Bonchev–Trinajstić information content (AvgIpc) is 2.71. The van der Waals surface area contributed by atoms with Crippen LogP contribution in [0.4, 0.5) is 0 Å². The number of benzene rings is 1.